The maximum Gasteiger partial charge on any atom is 0.185 e. The lowest BCUT2D eigenvalue weighted by Crippen LogP contribution is -1.65. The second-order valence-electron chi connectivity index (χ2n) is 1.13. The molecule has 3 heteroatoms. The molecule has 3 nitrogen and oxygen atoms in total. The highest BCUT2D eigenvalue weighted by Crippen LogP contribution is 1.92. The zero-order valence-electron chi connectivity index (χ0n) is 4.57. The van der Waals surface area contributed by atoms with Gasteiger partial charge in [0.25, 0.3) is 0 Å². The van der Waals surface area contributed by atoms with Gasteiger partial charge in [0.15, 0.2) is 12.0 Å². The maximum atomic E-state index is 9.77. The van der Waals surface area contributed by atoms with Crippen LogP contribution in [0.5, 0.6) is 0 Å². The van der Waals surface area contributed by atoms with Crippen molar-refractivity contribution in [2.75, 3.05) is 0 Å². The number of hydrogen-bond donors (Lipinski definition) is 0. The van der Waals surface area contributed by atoms with Crippen LogP contribution in [0.2, 0.25) is 0 Å². The number of carbonyl (C=O) groups excluding carboxylic acids is 1. The van der Waals surface area contributed by atoms with Crippen molar-refractivity contribution in [2.45, 2.75) is 0 Å². The highest BCUT2D eigenvalue weighted by atomic mass is 16.3. The topological polar surface area (TPSA) is 54.0 Å². The van der Waals surface area contributed by atoms with E-state index in [2.05, 4.69) is 4.42 Å². The molecule has 0 aliphatic carbocycles. The van der Waals surface area contributed by atoms with Crippen LogP contribution in [0.1, 0.15) is 10.6 Å². The van der Waals surface area contributed by atoms with Crippen LogP contribution in [0.15, 0.2) is 22.8 Å². The Morgan fingerprint density at radius 3 is 2.56 bits per heavy atom. The molecule has 0 spiro atoms. The first-order valence-corrected chi connectivity index (χ1v) is 2.14. The minimum atomic E-state index is 0.375. The van der Waals surface area contributed by atoms with Crippen LogP contribution in [0.3, 0.4) is 0 Å². The lowest BCUT2D eigenvalue weighted by atomic mass is 10.5. The van der Waals surface area contributed by atoms with Gasteiger partial charge in [-0.15, -0.1) is 0 Å². The summed E-state index contributed by atoms with van der Waals surface area (Å²) in [5.74, 6) is 0.375. The lowest BCUT2D eigenvalue weighted by Gasteiger charge is -1.68. The number of furan rings is 1. The van der Waals surface area contributed by atoms with E-state index >= 15 is 0 Å². The first-order chi connectivity index (χ1) is 4.43. The third-order valence-corrected chi connectivity index (χ3v) is 0.659. The van der Waals surface area contributed by atoms with Gasteiger partial charge in [0.05, 0.1) is 6.26 Å². The Kier molecular flexibility index (Phi) is 3.80. The number of nitrogens with zero attached hydrogens (tertiary/aromatic N) is 1. The standard InChI is InChI=1S/C5H4O2.CN/c6-4-5-2-1-3-7-5;1-2/h1-4H;/q;-1. The minimum Gasteiger partial charge on any atom is -0.512 e. The largest absolute Gasteiger partial charge is 0.512 e. The molecular weight excluding hydrogens is 118 g/mol. The molecule has 0 saturated heterocycles. The lowest BCUT2D eigenvalue weighted by molar-refractivity contribution is 0.110. The van der Waals surface area contributed by atoms with Crippen LogP contribution in [-0.4, -0.2) is 6.29 Å². The first-order valence-electron chi connectivity index (χ1n) is 2.14. The van der Waals surface area contributed by atoms with E-state index in [1.807, 2.05) is 0 Å². The Morgan fingerprint density at radius 1 is 1.67 bits per heavy atom. The maximum absolute atomic E-state index is 9.77. The van der Waals surface area contributed by atoms with Gasteiger partial charge in [0.2, 0.25) is 0 Å². The number of hydrogen-bond acceptors (Lipinski definition) is 3. The first kappa shape index (κ1) is 7.44. The van der Waals surface area contributed by atoms with Crippen molar-refractivity contribution >= 4 is 6.29 Å². The number of carbonyl (C=O) groups is 1. The zero-order chi connectivity index (χ0) is 7.11. The Bertz CT molecular complexity index is 176. The van der Waals surface area contributed by atoms with Crippen molar-refractivity contribution in [1.82, 2.24) is 0 Å². The number of rotatable bonds is 1. The van der Waals surface area contributed by atoms with Crippen molar-refractivity contribution in [3.8, 4) is 0 Å². The molecule has 0 atom stereocenters. The molecule has 1 rings (SSSR count). The van der Waals surface area contributed by atoms with Crippen LogP contribution in [0.4, 0.5) is 0 Å². The molecule has 1 aromatic heterocycles. The summed E-state index contributed by atoms with van der Waals surface area (Å²) in [6, 6.07) is 3.27. The van der Waals surface area contributed by atoms with Gasteiger partial charge >= 0.3 is 0 Å². The minimum absolute atomic E-state index is 0.375. The van der Waals surface area contributed by atoms with Crippen molar-refractivity contribution in [3.05, 3.63) is 30.7 Å². The molecule has 9 heavy (non-hydrogen) atoms. The van der Waals surface area contributed by atoms with Gasteiger partial charge in [-0.05, 0) is 12.1 Å². The fourth-order valence-electron chi connectivity index (χ4n) is 0.358. The van der Waals surface area contributed by atoms with Crippen LogP contribution < -0.4 is 0 Å². The predicted octanol–water partition coefficient (Wildman–Crippen LogP) is 1.19. The van der Waals surface area contributed by atoms with Gasteiger partial charge in [0.1, 0.15) is 0 Å². The van der Waals surface area contributed by atoms with Crippen LogP contribution >= 0.6 is 0 Å². The van der Waals surface area contributed by atoms with Crippen molar-refractivity contribution in [3.63, 3.8) is 0 Å². The average Bonchev–Trinajstić information content (AvgIpc) is 2.43. The monoisotopic (exact) mass is 122 g/mol. The summed E-state index contributed by atoms with van der Waals surface area (Å²) in [4.78, 5) is 9.77. The van der Waals surface area contributed by atoms with E-state index in [9.17, 15) is 4.79 Å². The molecule has 1 aromatic rings. The Hall–Kier alpha value is -1.56. The Labute approximate surface area is 52.5 Å². The van der Waals surface area contributed by atoms with E-state index in [0.29, 0.717) is 12.0 Å². The highest BCUT2D eigenvalue weighted by molar-refractivity contribution is 5.69. The second-order valence-corrected chi connectivity index (χ2v) is 1.13. The molecule has 0 bridgehead atoms. The molecule has 0 unspecified atom stereocenters. The van der Waals surface area contributed by atoms with Crippen molar-refractivity contribution in [2.24, 2.45) is 0 Å². The average molecular weight is 122 g/mol. The third-order valence-electron chi connectivity index (χ3n) is 0.659. The van der Waals surface area contributed by atoms with Crippen molar-refractivity contribution in [1.29, 1.82) is 5.26 Å². The molecule has 0 N–H and O–H groups in total. The molecule has 0 radical (unpaired) electrons. The summed E-state index contributed by atoms with van der Waals surface area (Å²) in [5.41, 5.74) is 0. The second kappa shape index (κ2) is 4.60. The van der Waals surface area contributed by atoms with Crippen LogP contribution in [-0.2, 0) is 0 Å². The molecule has 0 aromatic carbocycles. The summed E-state index contributed by atoms with van der Waals surface area (Å²) < 4.78 is 4.61. The Balaban J connectivity index is 0.000000291. The summed E-state index contributed by atoms with van der Waals surface area (Å²) in [5, 5.41) is 6.25. The van der Waals surface area contributed by atoms with Crippen molar-refractivity contribution < 1.29 is 9.21 Å². The van der Waals surface area contributed by atoms with Crippen LogP contribution in [0, 0.1) is 11.8 Å². The third kappa shape index (κ3) is 2.29. The Morgan fingerprint density at radius 2 is 2.33 bits per heavy atom. The summed E-state index contributed by atoms with van der Waals surface area (Å²) in [6.07, 6.45) is 2.13. The van der Waals surface area contributed by atoms with E-state index in [1.54, 1.807) is 12.1 Å². The van der Waals surface area contributed by atoms with Gasteiger partial charge in [-0.3, -0.25) is 4.79 Å². The number of aldehydes is 1. The molecule has 0 aliphatic heterocycles. The predicted molar refractivity (Wildman–Crippen MR) is 29.1 cm³/mol. The van der Waals surface area contributed by atoms with E-state index in [-0.39, 0.29) is 0 Å². The molecular formula is C6H4NO2-. The molecule has 0 amide bonds. The fourth-order valence-corrected chi connectivity index (χ4v) is 0.358. The SMILES string of the molecule is O=Cc1ccco1.[C-]#N. The summed E-state index contributed by atoms with van der Waals surface area (Å²) in [7, 11) is 0. The van der Waals surface area contributed by atoms with Crippen LogP contribution in [0.25, 0.3) is 0 Å². The van der Waals surface area contributed by atoms with E-state index < -0.39 is 0 Å². The van der Waals surface area contributed by atoms with E-state index in [4.69, 9.17) is 11.8 Å². The van der Waals surface area contributed by atoms with Gasteiger partial charge in [-0.1, -0.05) is 0 Å². The molecule has 46 valence electrons. The highest BCUT2D eigenvalue weighted by Gasteiger charge is 1.84. The smallest absolute Gasteiger partial charge is 0.185 e. The molecule has 0 fully saturated rings. The quantitative estimate of drug-likeness (QED) is 0.415. The van der Waals surface area contributed by atoms with E-state index in [1.165, 1.54) is 6.26 Å². The van der Waals surface area contributed by atoms with Gasteiger partial charge in [-0.2, -0.15) is 0 Å². The summed E-state index contributed by atoms with van der Waals surface area (Å²) >= 11 is 0. The fraction of sp³-hybridized carbons (Fsp3) is 0. The zero-order valence-corrected chi connectivity index (χ0v) is 4.57. The van der Waals surface area contributed by atoms with Gasteiger partial charge in [-0.25, -0.2) is 0 Å². The van der Waals surface area contributed by atoms with Gasteiger partial charge in [0, 0.05) is 0 Å². The summed E-state index contributed by atoms with van der Waals surface area (Å²) in [6.45, 7) is 4.75. The van der Waals surface area contributed by atoms with E-state index in [0.717, 1.165) is 0 Å². The van der Waals surface area contributed by atoms with Gasteiger partial charge < -0.3 is 16.3 Å². The normalized spacial score (nSPS) is 6.89. The molecule has 0 aliphatic rings. The molecule has 0 saturated carbocycles. The molecule has 1 heterocycles.